The van der Waals surface area contributed by atoms with Gasteiger partial charge in [-0.25, -0.2) is 13.4 Å². The van der Waals surface area contributed by atoms with Gasteiger partial charge < -0.3 is 9.80 Å². The monoisotopic (exact) mass is 451 g/mol. The van der Waals surface area contributed by atoms with E-state index in [1.54, 1.807) is 23.6 Å². The van der Waals surface area contributed by atoms with Crippen molar-refractivity contribution in [2.75, 3.05) is 49.1 Å². The molecule has 30 heavy (non-hydrogen) atoms. The summed E-state index contributed by atoms with van der Waals surface area (Å²) in [6.07, 6.45) is 3.57. The van der Waals surface area contributed by atoms with Gasteiger partial charge in [0.1, 0.15) is 5.69 Å². The Hall–Kier alpha value is -2.24. The molecule has 2 saturated heterocycles. The maximum Gasteiger partial charge on any atom is 0.293 e. The first-order valence-corrected chi connectivity index (χ1v) is 12.4. The number of piperazine rings is 1. The van der Waals surface area contributed by atoms with Crippen LogP contribution >= 0.6 is 11.3 Å². The molecule has 0 spiro atoms. The van der Waals surface area contributed by atoms with E-state index in [1.165, 1.54) is 16.4 Å². The molecule has 2 aliphatic rings. The molecule has 0 amide bonds. The Labute approximate surface area is 180 Å². The lowest BCUT2D eigenvalue weighted by Crippen LogP contribution is -2.46. The SMILES string of the molecule is CC1CCCN(S(=O)(=O)c2ccc(N3CCN(c4nccs4)CC3)c([N+](=O)[O-])c2)C1. The second kappa shape index (κ2) is 8.48. The largest absolute Gasteiger partial charge is 0.362 e. The van der Waals surface area contributed by atoms with E-state index in [4.69, 9.17) is 0 Å². The van der Waals surface area contributed by atoms with Crippen LogP contribution in [0.25, 0.3) is 0 Å². The molecule has 1 aromatic carbocycles. The molecule has 4 rings (SSSR count). The number of hydrogen-bond acceptors (Lipinski definition) is 8. The Morgan fingerprint density at radius 1 is 1.17 bits per heavy atom. The summed E-state index contributed by atoms with van der Waals surface area (Å²) < 4.78 is 27.5. The van der Waals surface area contributed by atoms with Gasteiger partial charge in [0.25, 0.3) is 5.69 Å². The van der Waals surface area contributed by atoms with Gasteiger partial charge in [-0.1, -0.05) is 6.92 Å². The normalized spacial score (nSPS) is 21.0. The summed E-state index contributed by atoms with van der Waals surface area (Å²) in [5.74, 6) is 0.289. The number of aromatic nitrogens is 1. The molecule has 162 valence electrons. The van der Waals surface area contributed by atoms with Gasteiger partial charge in [0, 0.05) is 56.9 Å². The standard InChI is InChI=1S/C19H25N5O4S2/c1-15-3-2-7-23(14-15)30(27,28)16-4-5-17(18(13-16)24(25)26)21-8-10-22(11-9-21)19-20-6-12-29-19/h4-6,12-13,15H,2-3,7-11,14H2,1H3. The summed E-state index contributed by atoms with van der Waals surface area (Å²) in [6, 6.07) is 4.30. The lowest BCUT2D eigenvalue weighted by atomic mass is 10.0. The highest BCUT2D eigenvalue weighted by molar-refractivity contribution is 7.89. The average Bonchev–Trinajstić information content (AvgIpc) is 3.28. The van der Waals surface area contributed by atoms with E-state index in [1.807, 2.05) is 17.2 Å². The maximum absolute atomic E-state index is 13.0. The zero-order valence-electron chi connectivity index (χ0n) is 16.8. The van der Waals surface area contributed by atoms with Crippen molar-refractivity contribution in [2.45, 2.75) is 24.7 Å². The van der Waals surface area contributed by atoms with Gasteiger partial charge in [0.05, 0.1) is 9.82 Å². The molecule has 0 bridgehead atoms. The Balaban J connectivity index is 1.56. The smallest absolute Gasteiger partial charge is 0.293 e. The Kier molecular flexibility index (Phi) is 5.94. The van der Waals surface area contributed by atoms with E-state index in [0.29, 0.717) is 45.0 Å². The van der Waals surface area contributed by atoms with Crippen LogP contribution in [0.3, 0.4) is 0 Å². The Morgan fingerprint density at radius 3 is 2.53 bits per heavy atom. The number of anilines is 2. The third-order valence-corrected chi connectivity index (χ3v) is 8.40. The summed E-state index contributed by atoms with van der Waals surface area (Å²) in [5, 5.41) is 14.6. The maximum atomic E-state index is 13.0. The Bertz CT molecular complexity index is 1000. The van der Waals surface area contributed by atoms with Crippen molar-refractivity contribution in [3.8, 4) is 0 Å². The number of piperidine rings is 1. The van der Waals surface area contributed by atoms with E-state index in [2.05, 4.69) is 9.88 Å². The summed E-state index contributed by atoms with van der Waals surface area (Å²) in [5.41, 5.74) is 0.300. The van der Waals surface area contributed by atoms with Crippen molar-refractivity contribution < 1.29 is 13.3 Å². The van der Waals surface area contributed by atoms with Crippen molar-refractivity contribution in [1.29, 1.82) is 0 Å². The number of nitro benzene ring substituents is 1. The molecule has 1 atom stereocenters. The molecule has 0 radical (unpaired) electrons. The molecule has 2 fully saturated rings. The van der Waals surface area contributed by atoms with E-state index in [-0.39, 0.29) is 16.5 Å². The number of nitrogens with zero attached hydrogens (tertiary/aromatic N) is 5. The molecule has 0 aliphatic carbocycles. The number of sulfonamides is 1. The molecule has 0 saturated carbocycles. The van der Waals surface area contributed by atoms with Crippen LogP contribution in [0.2, 0.25) is 0 Å². The lowest BCUT2D eigenvalue weighted by molar-refractivity contribution is -0.384. The van der Waals surface area contributed by atoms with Gasteiger partial charge in [-0.2, -0.15) is 4.31 Å². The van der Waals surface area contributed by atoms with Crippen LogP contribution in [0.1, 0.15) is 19.8 Å². The highest BCUT2D eigenvalue weighted by Crippen LogP contribution is 2.34. The quantitative estimate of drug-likeness (QED) is 0.509. The summed E-state index contributed by atoms with van der Waals surface area (Å²) in [7, 11) is -3.74. The van der Waals surface area contributed by atoms with Gasteiger partial charge in [-0.05, 0) is 30.9 Å². The summed E-state index contributed by atoms with van der Waals surface area (Å²) in [4.78, 5) is 19.7. The zero-order chi connectivity index (χ0) is 21.3. The fourth-order valence-electron chi connectivity index (χ4n) is 4.10. The number of rotatable bonds is 5. The molecule has 2 aliphatic heterocycles. The first-order chi connectivity index (χ1) is 14.4. The number of benzene rings is 1. The molecule has 0 N–H and O–H groups in total. The highest BCUT2D eigenvalue weighted by atomic mass is 32.2. The number of nitro groups is 1. The van der Waals surface area contributed by atoms with Gasteiger partial charge in [0.2, 0.25) is 10.0 Å². The van der Waals surface area contributed by atoms with Crippen LogP contribution in [0, 0.1) is 16.0 Å². The van der Waals surface area contributed by atoms with E-state index < -0.39 is 14.9 Å². The number of thiazole rings is 1. The van der Waals surface area contributed by atoms with Crippen LogP contribution in [-0.2, 0) is 10.0 Å². The minimum atomic E-state index is -3.74. The van der Waals surface area contributed by atoms with Gasteiger partial charge >= 0.3 is 0 Å². The zero-order valence-corrected chi connectivity index (χ0v) is 18.4. The fourth-order valence-corrected chi connectivity index (χ4v) is 6.42. The van der Waals surface area contributed by atoms with Crippen molar-refractivity contribution in [1.82, 2.24) is 9.29 Å². The Morgan fingerprint density at radius 2 is 1.90 bits per heavy atom. The van der Waals surface area contributed by atoms with Gasteiger partial charge in [0.15, 0.2) is 5.13 Å². The third-order valence-electron chi connectivity index (χ3n) is 5.71. The van der Waals surface area contributed by atoms with Crippen LogP contribution < -0.4 is 9.80 Å². The summed E-state index contributed by atoms with van der Waals surface area (Å²) >= 11 is 1.57. The molecule has 3 heterocycles. The van der Waals surface area contributed by atoms with Crippen molar-refractivity contribution in [3.05, 3.63) is 39.9 Å². The average molecular weight is 452 g/mol. The third kappa shape index (κ3) is 4.14. The van der Waals surface area contributed by atoms with E-state index in [0.717, 1.165) is 18.0 Å². The van der Waals surface area contributed by atoms with E-state index >= 15 is 0 Å². The molecule has 1 aromatic heterocycles. The van der Waals surface area contributed by atoms with Crippen molar-refractivity contribution in [2.24, 2.45) is 5.92 Å². The van der Waals surface area contributed by atoms with E-state index in [9.17, 15) is 18.5 Å². The first-order valence-electron chi connectivity index (χ1n) is 10.0. The predicted molar refractivity (Wildman–Crippen MR) is 117 cm³/mol. The molecule has 11 heteroatoms. The molecular weight excluding hydrogens is 426 g/mol. The number of hydrogen-bond donors (Lipinski definition) is 0. The molecular formula is C19H25N5O4S2. The van der Waals surface area contributed by atoms with Crippen molar-refractivity contribution in [3.63, 3.8) is 0 Å². The van der Waals surface area contributed by atoms with Crippen LogP contribution in [-0.4, -0.2) is 61.9 Å². The summed E-state index contributed by atoms with van der Waals surface area (Å²) in [6.45, 7) is 5.56. The lowest BCUT2D eigenvalue weighted by Gasteiger charge is -2.35. The first kappa shape index (κ1) is 21.0. The topological polar surface area (TPSA) is 99.9 Å². The fraction of sp³-hybridized carbons (Fsp3) is 0.526. The van der Waals surface area contributed by atoms with Crippen LogP contribution in [0.15, 0.2) is 34.7 Å². The molecule has 1 unspecified atom stereocenters. The molecule has 2 aromatic rings. The predicted octanol–water partition coefficient (Wildman–Crippen LogP) is 2.80. The molecule has 9 nitrogen and oxygen atoms in total. The van der Waals surface area contributed by atoms with Crippen LogP contribution in [0.4, 0.5) is 16.5 Å². The second-order valence-corrected chi connectivity index (χ2v) is 10.6. The second-order valence-electron chi connectivity index (χ2n) is 7.81. The van der Waals surface area contributed by atoms with Gasteiger partial charge in [-0.15, -0.1) is 11.3 Å². The highest BCUT2D eigenvalue weighted by Gasteiger charge is 2.32. The minimum absolute atomic E-state index is 0.00604. The van der Waals surface area contributed by atoms with Gasteiger partial charge in [-0.3, -0.25) is 10.1 Å². The van der Waals surface area contributed by atoms with Crippen LogP contribution in [0.5, 0.6) is 0 Å². The minimum Gasteiger partial charge on any atom is -0.362 e. The van der Waals surface area contributed by atoms with Crippen molar-refractivity contribution >= 4 is 37.9 Å².